The van der Waals surface area contributed by atoms with Crippen molar-refractivity contribution in [3.63, 3.8) is 0 Å². The molecule has 1 rings (SSSR count). The number of phenols is 1. The molecule has 0 amide bonds. The van der Waals surface area contributed by atoms with Gasteiger partial charge in [0.25, 0.3) is 0 Å². The smallest absolute Gasteiger partial charge is 0.122 e. The van der Waals surface area contributed by atoms with Gasteiger partial charge < -0.3 is 10.2 Å². The molecule has 0 aromatic heterocycles. The van der Waals surface area contributed by atoms with Crippen LogP contribution in [0.1, 0.15) is 18.9 Å². The van der Waals surface area contributed by atoms with Crippen LogP contribution in [0.3, 0.4) is 0 Å². The van der Waals surface area contributed by atoms with E-state index in [2.05, 4.69) is 6.58 Å². The minimum atomic E-state index is -0.913. The summed E-state index contributed by atoms with van der Waals surface area (Å²) in [7, 11) is 0. The van der Waals surface area contributed by atoms with Crippen molar-refractivity contribution >= 4 is 6.08 Å². The van der Waals surface area contributed by atoms with Crippen LogP contribution in [0.15, 0.2) is 43.0 Å². The highest BCUT2D eigenvalue weighted by atomic mass is 16.3. The van der Waals surface area contributed by atoms with Crippen LogP contribution in [0, 0.1) is 0 Å². The number of hydrogen-bond acceptors (Lipinski definition) is 2. The van der Waals surface area contributed by atoms with Gasteiger partial charge in [-0.05, 0) is 19.4 Å². The van der Waals surface area contributed by atoms with Gasteiger partial charge in [-0.15, -0.1) is 6.58 Å². The first-order valence-electron chi connectivity index (χ1n) is 4.86. The molecule has 80 valence electrons. The van der Waals surface area contributed by atoms with Gasteiger partial charge in [-0.3, -0.25) is 0 Å². The zero-order valence-electron chi connectivity index (χ0n) is 8.85. The average molecular weight is 204 g/mol. The van der Waals surface area contributed by atoms with Crippen LogP contribution >= 0.6 is 0 Å². The first-order valence-corrected chi connectivity index (χ1v) is 4.86. The molecule has 0 spiro atoms. The Morgan fingerprint density at radius 1 is 1.40 bits per heavy atom. The number of phenolic OH excluding ortho intramolecular Hbond substituents is 1. The molecule has 1 aromatic rings. The largest absolute Gasteiger partial charge is 0.507 e. The van der Waals surface area contributed by atoms with Gasteiger partial charge in [-0.2, -0.15) is 0 Å². The van der Waals surface area contributed by atoms with E-state index in [1.807, 2.05) is 6.07 Å². The summed E-state index contributed by atoms with van der Waals surface area (Å²) in [6, 6.07) is 6.99. The predicted octanol–water partition coefficient (Wildman–Crippen LogP) is 2.73. The molecular formula is C13H16O2. The number of hydrogen-bond donors (Lipinski definition) is 2. The van der Waals surface area contributed by atoms with Crippen LogP contribution in [0.25, 0.3) is 6.08 Å². The van der Waals surface area contributed by atoms with Gasteiger partial charge in [0, 0.05) is 5.56 Å². The molecule has 0 aliphatic heterocycles. The van der Waals surface area contributed by atoms with Gasteiger partial charge in [0.2, 0.25) is 0 Å². The second kappa shape index (κ2) is 4.80. The standard InChI is InChI=1S/C13H16O2/c1-3-9-13(2,15)10-8-11-6-4-5-7-12(11)14/h3-8,10,14-15H,1,9H2,2H3/b10-8+. The van der Waals surface area contributed by atoms with Gasteiger partial charge in [0.05, 0.1) is 5.60 Å². The van der Waals surface area contributed by atoms with E-state index in [1.54, 1.807) is 43.4 Å². The average Bonchev–Trinajstić information content (AvgIpc) is 2.16. The summed E-state index contributed by atoms with van der Waals surface area (Å²) in [5, 5.41) is 19.3. The van der Waals surface area contributed by atoms with E-state index < -0.39 is 5.60 Å². The first-order chi connectivity index (χ1) is 7.05. The highest BCUT2D eigenvalue weighted by molar-refractivity contribution is 5.57. The molecule has 0 saturated heterocycles. The number of benzene rings is 1. The van der Waals surface area contributed by atoms with Crippen molar-refractivity contribution in [1.29, 1.82) is 0 Å². The third kappa shape index (κ3) is 3.60. The lowest BCUT2D eigenvalue weighted by Crippen LogP contribution is -2.18. The van der Waals surface area contributed by atoms with Gasteiger partial charge in [-0.25, -0.2) is 0 Å². The lowest BCUT2D eigenvalue weighted by molar-refractivity contribution is 0.116. The van der Waals surface area contributed by atoms with Crippen molar-refractivity contribution in [2.24, 2.45) is 0 Å². The quantitative estimate of drug-likeness (QED) is 0.740. The molecule has 2 N–H and O–H groups in total. The Morgan fingerprint density at radius 2 is 2.07 bits per heavy atom. The van der Waals surface area contributed by atoms with E-state index in [4.69, 9.17) is 0 Å². The molecule has 0 bridgehead atoms. The maximum Gasteiger partial charge on any atom is 0.122 e. The van der Waals surface area contributed by atoms with Crippen molar-refractivity contribution in [1.82, 2.24) is 0 Å². The van der Waals surface area contributed by atoms with E-state index in [0.717, 1.165) is 0 Å². The maximum absolute atomic E-state index is 9.83. The second-order valence-electron chi connectivity index (χ2n) is 3.74. The van der Waals surface area contributed by atoms with Crippen LogP contribution in [0.4, 0.5) is 0 Å². The lowest BCUT2D eigenvalue weighted by atomic mass is 10.0. The molecule has 1 atom stereocenters. The third-order valence-electron chi connectivity index (χ3n) is 2.12. The van der Waals surface area contributed by atoms with Gasteiger partial charge in [0.15, 0.2) is 0 Å². The first kappa shape index (κ1) is 11.5. The molecular weight excluding hydrogens is 188 g/mol. The second-order valence-corrected chi connectivity index (χ2v) is 3.74. The Hall–Kier alpha value is -1.54. The number of aliphatic hydroxyl groups is 1. The molecule has 0 aliphatic carbocycles. The fraction of sp³-hybridized carbons (Fsp3) is 0.231. The molecule has 2 nitrogen and oxygen atoms in total. The summed E-state index contributed by atoms with van der Waals surface area (Å²) in [6.45, 7) is 5.27. The Kier molecular flexibility index (Phi) is 3.69. The summed E-state index contributed by atoms with van der Waals surface area (Å²) >= 11 is 0. The van der Waals surface area contributed by atoms with Crippen LogP contribution in [-0.4, -0.2) is 15.8 Å². The third-order valence-corrected chi connectivity index (χ3v) is 2.12. The highest BCUT2D eigenvalue weighted by Gasteiger charge is 2.13. The molecule has 2 heteroatoms. The fourth-order valence-electron chi connectivity index (χ4n) is 1.26. The van der Waals surface area contributed by atoms with Crippen LogP contribution < -0.4 is 0 Å². The Morgan fingerprint density at radius 3 is 2.67 bits per heavy atom. The summed E-state index contributed by atoms with van der Waals surface area (Å²) in [5.41, 5.74) is -0.217. The van der Waals surface area contributed by atoms with E-state index in [9.17, 15) is 10.2 Å². The molecule has 0 radical (unpaired) electrons. The van der Waals surface area contributed by atoms with E-state index in [1.165, 1.54) is 0 Å². The molecule has 15 heavy (non-hydrogen) atoms. The number of para-hydroxylation sites is 1. The van der Waals surface area contributed by atoms with Crippen LogP contribution in [0.5, 0.6) is 5.75 Å². The van der Waals surface area contributed by atoms with Crippen molar-refractivity contribution < 1.29 is 10.2 Å². The Labute approximate surface area is 90.2 Å². The summed E-state index contributed by atoms with van der Waals surface area (Å²) in [5.74, 6) is 0.211. The molecule has 0 saturated carbocycles. The maximum atomic E-state index is 9.83. The van der Waals surface area contributed by atoms with Gasteiger partial charge in [0.1, 0.15) is 5.75 Å². The van der Waals surface area contributed by atoms with Crippen molar-refractivity contribution in [2.75, 3.05) is 0 Å². The molecule has 1 unspecified atom stereocenters. The molecule has 0 aliphatic rings. The van der Waals surface area contributed by atoms with Crippen molar-refractivity contribution in [3.8, 4) is 5.75 Å². The highest BCUT2D eigenvalue weighted by Crippen LogP contribution is 2.20. The van der Waals surface area contributed by atoms with Gasteiger partial charge in [-0.1, -0.05) is 36.4 Å². The summed E-state index contributed by atoms with van der Waals surface area (Å²) in [4.78, 5) is 0. The zero-order valence-corrected chi connectivity index (χ0v) is 8.85. The van der Waals surface area contributed by atoms with Crippen molar-refractivity contribution in [2.45, 2.75) is 18.9 Å². The van der Waals surface area contributed by atoms with Crippen molar-refractivity contribution in [3.05, 3.63) is 48.6 Å². The normalized spacial score (nSPS) is 15.1. The van der Waals surface area contributed by atoms with E-state index >= 15 is 0 Å². The Bertz CT molecular complexity index is 365. The number of aromatic hydroxyl groups is 1. The molecule has 0 fully saturated rings. The monoisotopic (exact) mass is 204 g/mol. The van der Waals surface area contributed by atoms with Crippen LogP contribution in [0.2, 0.25) is 0 Å². The van der Waals surface area contributed by atoms with Gasteiger partial charge >= 0.3 is 0 Å². The Balaban J connectivity index is 2.81. The summed E-state index contributed by atoms with van der Waals surface area (Å²) in [6.07, 6.45) is 5.51. The SMILES string of the molecule is C=CCC(C)(O)/C=C/c1ccccc1O. The summed E-state index contributed by atoms with van der Waals surface area (Å²) < 4.78 is 0. The molecule has 0 heterocycles. The lowest BCUT2D eigenvalue weighted by Gasteiger charge is -2.16. The number of rotatable bonds is 4. The predicted molar refractivity (Wildman–Crippen MR) is 62.6 cm³/mol. The minimum absolute atomic E-state index is 0.211. The van der Waals surface area contributed by atoms with E-state index in [0.29, 0.717) is 12.0 Å². The zero-order chi connectivity index (χ0) is 11.3. The molecule has 1 aromatic carbocycles. The topological polar surface area (TPSA) is 40.5 Å². The fourth-order valence-corrected chi connectivity index (χ4v) is 1.26. The van der Waals surface area contributed by atoms with Crippen LogP contribution in [-0.2, 0) is 0 Å². The minimum Gasteiger partial charge on any atom is -0.507 e. The van der Waals surface area contributed by atoms with E-state index in [-0.39, 0.29) is 5.75 Å².